The molecular formula is C25H33FN2O3. The summed E-state index contributed by atoms with van der Waals surface area (Å²) in [4.78, 5) is 16.5. The summed E-state index contributed by atoms with van der Waals surface area (Å²) in [7, 11) is 5.37. The van der Waals surface area contributed by atoms with Gasteiger partial charge in [-0.15, -0.1) is 0 Å². The zero-order valence-corrected chi connectivity index (χ0v) is 18.9. The largest absolute Gasteiger partial charge is 0.493 e. The van der Waals surface area contributed by atoms with Crippen LogP contribution in [-0.2, 0) is 11.2 Å². The van der Waals surface area contributed by atoms with Gasteiger partial charge in [0.2, 0.25) is 5.91 Å². The first kappa shape index (κ1) is 24.4. The maximum atomic E-state index is 13.0. The number of amides is 1. The molecule has 6 heteroatoms. The molecule has 0 aromatic heterocycles. The monoisotopic (exact) mass is 428 g/mol. The van der Waals surface area contributed by atoms with Crippen LogP contribution in [0.1, 0.15) is 24.5 Å². The van der Waals surface area contributed by atoms with E-state index in [9.17, 15) is 9.18 Å². The number of benzene rings is 2. The first-order valence-electron chi connectivity index (χ1n) is 10.6. The second kappa shape index (κ2) is 12.7. The lowest BCUT2D eigenvalue weighted by Gasteiger charge is -2.22. The van der Waals surface area contributed by atoms with Crippen molar-refractivity contribution in [2.24, 2.45) is 0 Å². The number of rotatable bonds is 12. The minimum Gasteiger partial charge on any atom is -0.493 e. The summed E-state index contributed by atoms with van der Waals surface area (Å²) in [5, 5.41) is 0. The van der Waals surface area contributed by atoms with Crippen molar-refractivity contribution in [2.75, 3.05) is 47.4 Å². The quantitative estimate of drug-likeness (QED) is 0.474. The number of carbonyl (C=O) groups excluding carboxylic acids is 1. The van der Waals surface area contributed by atoms with Gasteiger partial charge in [-0.05, 0) is 74.8 Å². The predicted molar refractivity (Wildman–Crippen MR) is 123 cm³/mol. The Morgan fingerprint density at radius 3 is 2.35 bits per heavy atom. The fourth-order valence-corrected chi connectivity index (χ4v) is 3.27. The molecule has 0 aliphatic carbocycles. The van der Waals surface area contributed by atoms with Gasteiger partial charge in [-0.25, -0.2) is 4.39 Å². The molecule has 0 fully saturated rings. The van der Waals surface area contributed by atoms with Gasteiger partial charge in [0.25, 0.3) is 0 Å². The highest BCUT2D eigenvalue weighted by Crippen LogP contribution is 2.27. The van der Waals surface area contributed by atoms with E-state index in [4.69, 9.17) is 9.47 Å². The molecule has 0 bridgehead atoms. The minimum absolute atomic E-state index is 0.0280. The number of likely N-dealkylation sites (N-methyl/N-ethyl adjacent to an activating group) is 2. The van der Waals surface area contributed by atoms with Crippen LogP contribution >= 0.6 is 0 Å². The van der Waals surface area contributed by atoms with E-state index in [1.54, 1.807) is 38.5 Å². The summed E-state index contributed by atoms with van der Waals surface area (Å²) in [6.45, 7) is 5.15. The smallest absolute Gasteiger partial charge is 0.246 e. The average Bonchev–Trinajstić information content (AvgIpc) is 2.79. The van der Waals surface area contributed by atoms with E-state index in [1.165, 1.54) is 17.7 Å². The van der Waals surface area contributed by atoms with Gasteiger partial charge in [-0.3, -0.25) is 4.79 Å². The Kier molecular flexibility index (Phi) is 10.0. The second-order valence-corrected chi connectivity index (χ2v) is 7.40. The van der Waals surface area contributed by atoms with Crippen LogP contribution < -0.4 is 9.47 Å². The Morgan fingerprint density at radius 1 is 1.00 bits per heavy atom. The molecule has 2 aromatic rings. The molecule has 1 amide bonds. The molecule has 0 spiro atoms. The molecule has 0 saturated carbocycles. The van der Waals surface area contributed by atoms with E-state index in [0.717, 1.165) is 43.0 Å². The van der Waals surface area contributed by atoms with Crippen molar-refractivity contribution in [2.45, 2.75) is 19.8 Å². The van der Waals surface area contributed by atoms with E-state index in [1.807, 2.05) is 24.0 Å². The highest BCUT2D eigenvalue weighted by molar-refractivity contribution is 5.91. The van der Waals surface area contributed by atoms with E-state index >= 15 is 0 Å². The molecule has 0 atom stereocenters. The number of ether oxygens (including phenoxy) is 2. The number of carbonyl (C=O) groups is 1. The van der Waals surface area contributed by atoms with Crippen molar-refractivity contribution in [3.8, 4) is 11.5 Å². The van der Waals surface area contributed by atoms with Crippen LogP contribution in [0.5, 0.6) is 11.5 Å². The lowest BCUT2D eigenvalue weighted by molar-refractivity contribution is -0.125. The van der Waals surface area contributed by atoms with Gasteiger partial charge in [-0.2, -0.15) is 0 Å². The predicted octanol–water partition coefficient (Wildman–Crippen LogP) is 4.27. The molecule has 0 N–H and O–H groups in total. The Morgan fingerprint density at radius 2 is 1.71 bits per heavy atom. The zero-order chi connectivity index (χ0) is 22.6. The fourth-order valence-electron chi connectivity index (χ4n) is 3.27. The number of hydrogen-bond donors (Lipinski definition) is 0. The van der Waals surface area contributed by atoms with Crippen LogP contribution in [0.2, 0.25) is 0 Å². The van der Waals surface area contributed by atoms with Gasteiger partial charge in [0, 0.05) is 25.7 Å². The number of methoxy groups -OCH3 is 2. The molecule has 2 aromatic carbocycles. The van der Waals surface area contributed by atoms with Gasteiger partial charge >= 0.3 is 0 Å². The highest BCUT2D eigenvalue weighted by atomic mass is 19.1. The van der Waals surface area contributed by atoms with Crippen molar-refractivity contribution < 1.29 is 18.7 Å². The summed E-state index contributed by atoms with van der Waals surface area (Å²) in [5.41, 5.74) is 2.00. The van der Waals surface area contributed by atoms with Crippen molar-refractivity contribution in [1.82, 2.24) is 9.80 Å². The minimum atomic E-state index is -0.283. The second-order valence-electron chi connectivity index (χ2n) is 7.40. The van der Waals surface area contributed by atoms with Crippen LogP contribution in [0.15, 0.2) is 48.5 Å². The van der Waals surface area contributed by atoms with Crippen molar-refractivity contribution >= 4 is 12.0 Å². The number of halogens is 1. The lowest BCUT2D eigenvalue weighted by atomic mass is 10.1. The normalized spacial score (nSPS) is 11.2. The molecule has 0 aliphatic rings. The van der Waals surface area contributed by atoms with E-state index in [-0.39, 0.29) is 11.7 Å². The van der Waals surface area contributed by atoms with Gasteiger partial charge in [-0.1, -0.05) is 18.2 Å². The third kappa shape index (κ3) is 8.06. The summed E-state index contributed by atoms with van der Waals surface area (Å²) >= 11 is 0. The van der Waals surface area contributed by atoms with Gasteiger partial charge in [0.15, 0.2) is 11.5 Å². The Balaban J connectivity index is 1.76. The standard InChI is InChI=1S/C25H33FN2O3/c1-5-28(25(29)14-10-20-7-11-22(26)12-8-20)17-6-16-27(2)18-15-21-9-13-23(30-3)24(19-21)31-4/h7-14,19H,5-6,15-18H2,1-4H3/b14-10+. The Bertz CT molecular complexity index is 852. The highest BCUT2D eigenvalue weighted by Gasteiger charge is 2.09. The zero-order valence-electron chi connectivity index (χ0n) is 18.9. The number of hydrogen-bond acceptors (Lipinski definition) is 4. The summed E-state index contributed by atoms with van der Waals surface area (Å²) in [6.07, 6.45) is 5.08. The molecule has 168 valence electrons. The third-order valence-electron chi connectivity index (χ3n) is 5.18. The molecule has 0 heterocycles. The number of nitrogens with zero attached hydrogens (tertiary/aromatic N) is 2. The first-order chi connectivity index (χ1) is 15.0. The SMILES string of the molecule is CCN(CCCN(C)CCc1ccc(OC)c(OC)c1)C(=O)/C=C/c1ccc(F)cc1. The van der Waals surface area contributed by atoms with Crippen molar-refractivity contribution in [1.29, 1.82) is 0 Å². The van der Waals surface area contributed by atoms with Crippen LogP contribution in [0.25, 0.3) is 6.08 Å². The van der Waals surface area contributed by atoms with E-state index in [2.05, 4.69) is 18.0 Å². The summed E-state index contributed by atoms with van der Waals surface area (Å²) < 4.78 is 23.6. The van der Waals surface area contributed by atoms with Gasteiger partial charge in [0.1, 0.15) is 5.82 Å². The van der Waals surface area contributed by atoms with Crippen molar-refractivity contribution in [3.63, 3.8) is 0 Å². The molecule has 31 heavy (non-hydrogen) atoms. The summed E-state index contributed by atoms with van der Waals surface area (Å²) in [6, 6.07) is 12.1. The van der Waals surface area contributed by atoms with Gasteiger partial charge in [0.05, 0.1) is 14.2 Å². The van der Waals surface area contributed by atoms with Crippen LogP contribution in [0.3, 0.4) is 0 Å². The van der Waals surface area contributed by atoms with Crippen LogP contribution in [0.4, 0.5) is 4.39 Å². The van der Waals surface area contributed by atoms with Gasteiger partial charge < -0.3 is 19.3 Å². The van der Waals surface area contributed by atoms with E-state index in [0.29, 0.717) is 13.1 Å². The summed E-state index contributed by atoms with van der Waals surface area (Å²) in [5.74, 6) is 1.17. The average molecular weight is 429 g/mol. The Hall–Kier alpha value is -2.86. The maximum absolute atomic E-state index is 13.0. The fraction of sp³-hybridized carbons (Fsp3) is 0.400. The first-order valence-corrected chi connectivity index (χ1v) is 10.6. The third-order valence-corrected chi connectivity index (χ3v) is 5.18. The lowest BCUT2D eigenvalue weighted by Crippen LogP contribution is -2.32. The topological polar surface area (TPSA) is 42.0 Å². The molecule has 2 rings (SSSR count). The maximum Gasteiger partial charge on any atom is 0.246 e. The molecule has 5 nitrogen and oxygen atoms in total. The Labute approximate surface area is 185 Å². The molecule has 0 aliphatic heterocycles. The van der Waals surface area contributed by atoms with Crippen molar-refractivity contribution in [3.05, 3.63) is 65.5 Å². The molecule has 0 unspecified atom stereocenters. The van der Waals surface area contributed by atoms with Crippen LogP contribution in [-0.4, -0.2) is 63.2 Å². The van der Waals surface area contributed by atoms with E-state index < -0.39 is 0 Å². The molecule has 0 radical (unpaired) electrons. The molecule has 0 saturated heterocycles. The molecular weight excluding hydrogens is 395 g/mol. The van der Waals surface area contributed by atoms with Crippen LogP contribution in [0, 0.1) is 5.82 Å².